The highest BCUT2D eigenvalue weighted by Gasteiger charge is 2.31. The van der Waals surface area contributed by atoms with Gasteiger partial charge in [-0.15, -0.1) is 0 Å². The Bertz CT molecular complexity index is 379. The molecule has 16 heavy (non-hydrogen) atoms. The zero-order valence-electron chi connectivity index (χ0n) is 11.0. The van der Waals surface area contributed by atoms with Crippen LogP contribution in [0.2, 0.25) is 0 Å². The van der Waals surface area contributed by atoms with Crippen LogP contribution in [0.15, 0.2) is 46.3 Å². The maximum atomic E-state index is 2.38. The third kappa shape index (κ3) is 2.28. The zero-order chi connectivity index (χ0) is 12.1. The largest absolute Gasteiger partial charge is 0.151 e. The fourth-order valence-corrected chi connectivity index (χ4v) is 4.50. The highest BCUT2D eigenvalue weighted by molar-refractivity contribution is 7.62. The summed E-state index contributed by atoms with van der Waals surface area (Å²) in [5, 5.41) is 1.54. The van der Waals surface area contributed by atoms with Crippen molar-refractivity contribution in [3.8, 4) is 0 Å². The molecule has 0 aromatic rings. The van der Waals surface area contributed by atoms with Crippen molar-refractivity contribution in [3.05, 3.63) is 46.3 Å². The van der Waals surface area contributed by atoms with Crippen LogP contribution in [0.25, 0.3) is 0 Å². The standard InChI is InChI=1S/C15H22P/c1-6-12-11-16(10-5)15(9-4)14(8-3)13(12)7-2/h6-10H,11H2,1-5H3/q+1. The van der Waals surface area contributed by atoms with E-state index in [0.29, 0.717) is 0 Å². The Morgan fingerprint density at radius 2 is 1.44 bits per heavy atom. The van der Waals surface area contributed by atoms with Crippen molar-refractivity contribution in [1.29, 1.82) is 0 Å². The van der Waals surface area contributed by atoms with Crippen LogP contribution in [-0.2, 0) is 0 Å². The van der Waals surface area contributed by atoms with Crippen LogP contribution in [0.3, 0.4) is 0 Å². The minimum Gasteiger partial charge on any atom is -0.0797 e. The van der Waals surface area contributed by atoms with E-state index >= 15 is 0 Å². The Morgan fingerprint density at radius 3 is 1.81 bits per heavy atom. The highest BCUT2D eigenvalue weighted by atomic mass is 31.1. The molecule has 0 nitrogen and oxygen atoms in total. The topological polar surface area (TPSA) is 0 Å². The molecule has 0 bridgehead atoms. The van der Waals surface area contributed by atoms with Crippen LogP contribution in [-0.4, -0.2) is 12.0 Å². The second kappa shape index (κ2) is 6.01. The number of rotatable bonds is 0. The summed E-state index contributed by atoms with van der Waals surface area (Å²) in [6.45, 7) is 10.8. The Labute approximate surface area is 101 Å². The van der Waals surface area contributed by atoms with Gasteiger partial charge in [0.1, 0.15) is 13.7 Å². The lowest BCUT2D eigenvalue weighted by molar-refractivity contribution is 1.29. The van der Waals surface area contributed by atoms with E-state index in [-0.39, 0.29) is 7.55 Å². The summed E-state index contributed by atoms with van der Waals surface area (Å²) in [6, 6.07) is 0. The molecule has 1 rings (SSSR count). The predicted molar refractivity (Wildman–Crippen MR) is 78.6 cm³/mol. The SMILES string of the molecule is CC=C1C[P+](=CC)C(=CC)C(=CC)C1=CC. The zero-order valence-corrected chi connectivity index (χ0v) is 11.9. The molecule has 0 radical (unpaired) electrons. The molecule has 0 N–H and O–H groups in total. The van der Waals surface area contributed by atoms with E-state index in [1.54, 1.807) is 5.31 Å². The van der Waals surface area contributed by atoms with E-state index in [2.05, 4.69) is 64.7 Å². The van der Waals surface area contributed by atoms with Gasteiger partial charge < -0.3 is 0 Å². The van der Waals surface area contributed by atoms with Crippen molar-refractivity contribution in [2.24, 2.45) is 0 Å². The minimum atomic E-state index is -0.0970. The summed E-state index contributed by atoms with van der Waals surface area (Å²) in [5.74, 6) is 2.38. The Balaban J connectivity index is 3.39. The van der Waals surface area contributed by atoms with Crippen molar-refractivity contribution in [2.75, 3.05) is 6.16 Å². The first-order valence-electron chi connectivity index (χ1n) is 5.94. The van der Waals surface area contributed by atoms with E-state index < -0.39 is 0 Å². The maximum Gasteiger partial charge on any atom is 0.151 e. The first-order chi connectivity index (χ1) is 7.73. The van der Waals surface area contributed by atoms with Crippen LogP contribution in [0.5, 0.6) is 0 Å². The van der Waals surface area contributed by atoms with Gasteiger partial charge in [0, 0.05) is 5.57 Å². The molecule has 0 amide bonds. The lowest BCUT2D eigenvalue weighted by atomic mass is 9.97. The van der Waals surface area contributed by atoms with Gasteiger partial charge in [-0.1, -0.05) is 18.2 Å². The number of hydrogen-bond acceptors (Lipinski definition) is 0. The van der Waals surface area contributed by atoms with Gasteiger partial charge in [0.15, 0.2) is 5.31 Å². The Morgan fingerprint density at radius 1 is 0.812 bits per heavy atom. The van der Waals surface area contributed by atoms with E-state index in [0.717, 1.165) is 0 Å². The van der Waals surface area contributed by atoms with Crippen LogP contribution in [0.4, 0.5) is 0 Å². The number of allylic oxidation sites excluding steroid dienone is 8. The molecule has 1 heteroatoms. The van der Waals surface area contributed by atoms with Crippen LogP contribution in [0, 0.1) is 0 Å². The van der Waals surface area contributed by atoms with Gasteiger partial charge in [0.05, 0.1) is 5.80 Å². The monoisotopic (exact) mass is 233 g/mol. The maximum absolute atomic E-state index is 2.38. The van der Waals surface area contributed by atoms with Crippen LogP contribution >= 0.6 is 7.55 Å². The minimum absolute atomic E-state index is 0.0970. The van der Waals surface area contributed by atoms with Gasteiger partial charge in [-0.2, -0.15) is 0 Å². The summed E-state index contributed by atoms with van der Waals surface area (Å²) in [6.07, 6.45) is 10.3. The van der Waals surface area contributed by atoms with Crippen molar-refractivity contribution < 1.29 is 0 Å². The van der Waals surface area contributed by atoms with Crippen LogP contribution in [0.1, 0.15) is 34.6 Å². The lowest BCUT2D eigenvalue weighted by Crippen LogP contribution is -2.06. The van der Waals surface area contributed by atoms with Crippen molar-refractivity contribution in [1.82, 2.24) is 0 Å². The molecule has 1 unspecified atom stereocenters. The van der Waals surface area contributed by atoms with Gasteiger partial charge in [0.25, 0.3) is 0 Å². The summed E-state index contributed by atoms with van der Waals surface area (Å²) >= 11 is 0. The molecule has 0 aliphatic carbocycles. The Hall–Kier alpha value is -0.870. The van der Waals surface area contributed by atoms with Gasteiger partial charge in [0.2, 0.25) is 0 Å². The first-order valence-corrected chi connectivity index (χ1v) is 7.54. The molecular weight excluding hydrogens is 211 g/mol. The third-order valence-electron chi connectivity index (χ3n) is 3.07. The molecule has 0 aromatic heterocycles. The quantitative estimate of drug-likeness (QED) is 0.514. The summed E-state index contributed by atoms with van der Waals surface area (Å²) in [4.78, 5) is 0. The van der Waals surface area contributed by atoms with E-state index in [1.165, 1.54) is 22.9 Å². The first kappa shape index (κ1) is 13.2. The average molecular weight is 233 g/mol. The van der Waals surface area contributed by atoms with Gasteiger partial charge >= 0.3 is 0 Å². The summed E-state index contributed by atoms with van der Waals surface area (Å²) < 4.78 is 0. The van der Waals surface area contributed by atoms with Crippen molar-refractivity contribution in [2.45, 2.75) is 34.6 Å². The average Bonchev–Trinajstić information content (AvgIpc) is 2.35. The van der Waals surface area contributed by atoms with Gasteiger partial charge in [-0.25, -0.2) is 0 Å². The highest BCUT2D eigenvalue weighted by Crippen LogP contribution is 2.49. The van der Waals surface area contributed by atoms with E-state index in [1.807, 2.05) is 0 Å². The van der Waals surface area contributed by atoms with Gasteiger partial charge in [-0.3, -0.25) is 0 Å². The smallest absolute Gasteiger partial charge is 0.0797 e. The molecule has 1 aliphatic heterocycles. The Kier molecular flexibility index (Phi) is 4.96. The molecular formula is C15H22P+. The second-order valence-corrected chi connectivity index (χ2v) is 6.03. The third-order valence-corrected chi connectivity index (χ3v) is 5.50. The molecule has 86 valence electrons. The summed E-state index contributed by atoms with van der Waals surface area (Å²) in [5.41, 5.74) is 4.37. The van der Waals surface area contributed by atoms with Crippen LogP contribution < -0.4 is 0 Å². The second-order valence-electron chi connectivity index (χ2n) is 3.78. The molecule has 1 heterocycles. The molecule has 1 saturated heterocycles. The molecule has 1 fully saturated rings. The van der Waals surface area contributed by atoms with E-state index in [9.17, 15) is 0 Å². The predicted octanol–water partition coefficient (Wildman–Crippen LogP) is 5.05. The van der Waals surface area contributed by atoms with E-state index in [4.69, 9.17) is 0 Å². The van der Waals surface area contributed by atoms with Crippen molar-refractivity contribution >= 4 is 13.3 Å². The molecule has 1 aliphatic rings. The molecule has 0 spiro atoms. The molecule has 0 saturated carbocycles. The molecule has 1 atom stereocenters. The fourth-order valence-electron chi connectivity index (χ4n) is 2.26. The molecule has 0 aromatic carbocycles. The summed E-state index contributed by atoms with van der Waals surface area (Å²) in [7, 11) is -0.0970. The fraction of sp³-hybridized carbons (Fsp3) is 0.400. The normalized spacial score (nSPS) is 29.9. The van der Waals surface area contributed by atoms with Crippen molar-refractivity contribution in [3.63, 3.8) is 0 Å². The lowest BCUT2D eigenvalue weighted by Gasteiger charge is -2.19. The van der Waals surface area contributed by atoms with Gasteiger partial charge in [-0.05, 0) is 51.8 Å². The number of hydrogen-bond donors (Lipinski definition) is 0.